The van der Waals surface area contributed by atoms with Crippen molar-refractivity contribution in [1.82, 2.24) is 10.2 Å². The number of unbranched alkanes of at least 4 members (excludes halogenated alkanes) is 1. The highest BCUT2D eigenvalue weighted by atomic mass is 16.5. The predicted molar refractivity (Wildman–Crippen MR) is 107 cm³/mol. The quantitative estimate of drug-likeness (QED) is 0.663. The van der Waals surface area contributed by atoms with Crippen molar-refractivity contribution >= 4 is 0 Å². The molecule has 1 aliphatic rings. The van der Waals surface area contributed by atoms with Crippen LogP contribution in [0.4, 0.5) is 0 Å². The molecular formula is C22H30N2O2. The van der Waals surface area contributed by atoms with E-state index in [1.165, 1.54) is 5.56 Å². The summed E-state index contributed by atoms with van der Waals surface area (Å²) in [6, 6.07) is 18.7. The standard InChI is InChI=1S/C22H30N2O2/c1-2-8-20(9-3-1)21-10-4-5-11-22(21)26-17-7-6-12-23-13-14-24-15-18-25-19-16-24/h1-5,8-11,23H,6-7,12-19H2. The molecule has 1 N–H and O–H groups in total. The molecule has 0 aliphatic carbocycles. The van der Waals surface area contributed by atoms with Crippen molar-refractivity contribution in [3.8, 4) is 16.9 Å². The first-order valence-corrected chi connectivity index (χ1v) is 9.71. The number of ether oxygens (including phenoxy) is 2. The molecule has 1 saturated heterocycles. The second-order valence-corrected chi connectivity index (χ2v) is 6.62. The van der Waals surface area contributed by atoms with E-state index in [1.54, 1.807) is 0 Å². The molecule has 0 saturated carbocycles. The Labute approximate surface area is 157 Å². The summed E-state index contributed by atoms with van der Waals surface area (Å²) in [6.45, 7) is 7.86. The van der Waals surface area contributed by atoms with Gasteiger partial charge in [0.25, 0.3) is 0 Å². The van der Waals surface area contributed by atoms with E-state index in [4.69, 9.17) is 9.47 Å². The number of para-hydroxylation sites is 1. The van der Waals surface area contributed by atoms with Crippen LogP contribution in [-0.4, -0.2) is 57.4 Å². The molecule has 1 fully saturated rings. The van der Waals surface area contributed by atoms with Crippen LogP contribution in [0.3, 0.4) is 0 Å². The Bertz CT molecular complexity index is 627. The van der Waals surface area contributed by atoms with Gasteiger partial charge in [0, 0.05) is 31.7 Å². The highest BCUT2D eigenvalue weighted by Crippen LogP contribution is 2.29. The second-order valence-electron chi connectivity index (χ2n) is 6.62. The van der Waals surface area contributed by atoms with E-state index in [2.05, 4.69) is 52.7 Å². The average Bonchev–Trinajstić information content (AvgIpc) is 2.72. The van der Waals surface area contributed by atoms with Crippen LogP contribution in [0.2, 0.25) is 0 Å². The fraction of sp³-hybridized carbons (Fsp3) is 0.455. The molecular weight excluding hydrogens is 324 g/mol. The zero-order valence-electron chi connectivity index (χ0n) is 15.5. The molecule has 1 aliphatic heterocycles. The molecule has 0 aromatic heterocycles. The number of hydrogen-bond donors (Lipinski definition) is 1. The van der Waals surface area contributed by atoms with Gasteiger partial charge in [-0.1, -0.05) is 48.5 Å². The predicted octanol–water partition coefficient (Wildman–Crippen LogP) is 3.43. The van der Waals surface area contributed by atoms with Crippen molar-refractivity contribution in [3.63, 3.8) is 0 Å². The summed E-state index contributed by atoms with van der Waals surface area (Å²) < 4.78 is 11.4. The third kappa shape index (κ3) is 6.13. The zero-order valence-corrected chi connectivity index (χ0v) is 15.5. The fourth-order valence-electron chi connectivity index (χ4n) is 3.17. The lowest BCUT2D eigenvalue weighted by Crippen LogP contribution is -2.40. The number of nitrogens with zero attached hydrogens (tertiary/aromatic N) is 1. The van der Waals surface area contributed by atoms with E-state index in [9.17, 15) is 0 Å². The fourth-order valence-corrected chi connectivity index (χ4v) is 3.17. The molecule has 4 heteroatoms. The number of nitrogens with one attached hydrogen (secondary N) is 1. The Balaban J connectivity index is 1.31. The number of hydrogen-bond acceptors (Lipinski definition) is 4. The van der Waals surface area contributed by atoms with E-state index in [0.29, 0.717) is 0 Å². The normalized spacial score (nSPS) is 15.1. The van der Waals surface area contributed by atoms with E-state index < -0.39 is 0 Å². The number of rotatable bonds is 10. The van der Waals surface area contributed by atoms with Gasteiger partial charge in [-0.3, -0.25) is 4.90 Å². The van der Waals surface area contributed by atoms with Crippen LogP contribution in [0.1, 0.15) is 12.8 Å². The average molecular weight is 354 g/mol. The Hall–Kier alpha value is -1.88. The van der Waals surface area contributed by atoms with Gasteiger partial charge in [0.1, 0.15) is 5.75 Å². The highest BCUT2D eigenvalue weighted by Gasteiger charge is 2.09. The molecule has 2 aromatic rings. The SMILES string of the molecule is c1ccc(-c2ccccc2OCCCCNCCN2CCOCC2)cc1. The molecule has 0 amide bonds. The summed E-state index contributed by atoms with van der Waals surface area (Å²) >= 11 is 0. The largest absolute Gasteiger partial charge is 0.493 e. The lowest BCUT2D eigenvalue weighted by molar-refractivity contribution is 0.0384. The molecule has 0 radical (unpaired) electrons. The molecule has 4 nitrogen and oxygen atoms in total. The van der Waals surface area contributed by atoms with Crippen LogP contribution in [0, 0.1) is 0 Å². The van der Waals surface area contributed by atoms with Gasteiger partial charge in [-0.25, -0.2) is 0 Å². The van der Waals surface area contributed by atoms with Crippen LogP contribution in [0.5, 0.6) is 5.75 Å². The van der Waals surface area contributed by atoms with E-state index in [-0.39, 0.29) is 0 Å². The monoisotopic (exact) mass is 354 g/mol. The van der Waals surface area contributed by atoms with Crippen molar-refractivity contribution in [1.29, 1.82) is 0 Å². The first-order chi connectivity index (χ1) is 12.9. The number of benzene rings is 2. The summed E-state index contributed by atoms with van der Waals surface area (Å²) in [5.41, 5.74) is 2.37. The molecule has 0 unspecified atom stereocenters. The first kappa shape index (κ1) is 18.9. The minimum absolute atomic E-state index is 0.759. The Morgan fingerprint density at radius 3 is 2.50 bits per heavy atom. The van der Waals surface area contributed by atoms with Crippen LogP contribution < -0.4 is 10.1 Å². The molecule has 2 aromatic carbocycles. The smallest absolute Gasteiger partial charge is 0.127 e. The van der Waals surface area contributed by atoms with Crippen LogP contribution in [0.15, 0.2) is 54.6 Å². The second kappa shape index (κ2) is 11.0. The maximum absolute atomic E-state index is 6.04. The Morgan fingerprint density at radius 1 is 0.885 bits per heavy atom. The van der Waals surface area contributed by atoms with E-state index in [1.807, 2.05) is 12.1 Å². The molecule has 0 atom stereocenters. The van der Waals surface area contributed by atoms with E-state index in [0.717, 1.165) is 76.7 Å². The van der Waals surface area contributed by atoms with E-state index >= 15 is 0 Å². The minimum Gasteiger partial charge on any atom is -0.493 e. The summed E-state index contributed by atoms with van der Waals surface area (Å²) in [5.74, 6) is 0.971. The number of morpholine rings is 1. The van der Waals surface area contributed by atoms with Crippen molar-refractivity contribution in [3.05, 3.63) is 54.6 Å². The van der Waals surface area contributed by atoms with Crippen molar-refractivity contribution in [2.45, 2.75) is 12.8 Å². The zero-order chi connectivity index (χ0) is 17.9. The first-order valence-electron chi connectivity index (χ1n) is 9.71. The summed E-state index contributed by atoms with van der Waals surface area (Å²) in [5, 5.41) is 3.53. The molecule has 0 bridgehead atoms. The topological polar surface area (TPSA) is 33.7 Å². The van der Waals surface area contributed by atoms with Gasteiger partial charge in [-0.05, 0) is 31.0 Å². The van der Waals surface area contributed by atoms with Gasteiger partial charge in [0.15, 0.2) is 0 Å². The Morgan fingerprint density at radius 2 is 1.65 bits per heavy atom. The van der Waals surface area contributed by atoms with Gasteiger partial charge in [0.2, 0.25) is 0 Å². The minimum atomic E-state index is 0.759. The van der Waals surface area contributed by atoms with Gasteiger partial charge in [-0.2, -0.15) is 0 Å². The maximum Gasteiger partial charge on any atom is 0.127 e. The van der Waals surface area contributed by atoms with Gasteiger partial charge >= 0.3 is 0 Å². The lowest BCUT2D eigenvalue weighted by Gasteiger charge is -2.26. The van der Waals surface area contributed by atoms with Crippen molar-refractivity contribution in [2.75, 3.05) is 52.5 Å². The Kier molecular flexibility index (Phi) is 7.97. The lowest BCUT2D eigenvalue weighted by atomic mass is 10.1. The molecule has 1 heterocycles. The van der Waals surface area contributed by atoms with Crippen LogP contribution in [-0.2, 0) is 4.74 Å². The van der Waals surface area contributed by atoms with Crippen molar-refractivity contribution in [2.24, 2.45) is 0 Å². The van der Waals surface area contributed by atoms with Crippen LogP contribution in [0.25, 0.3) is 11.1 Å². The summed E-state index contributed by atoms with van der Waals surface area (Å²) in [4.78, 5) is 2.46. The van der Waals surface area contributed by atoms with Gasteiger partial charge < -0.3 is 14.8 Å². The third-order valence-corrected chi connectivity index (χ3v) is 4.69. The maximum atomic E-state index is 6.04. The third-order valence-electron chi connectivity index (χ3n) is 4.69. The highest BCUT2D eigenvalue weighted by molar-refractivity contribution is 5.70. The molecule has 140 valence electrons. The van der Waals surface area contributed by atoms with Gasteiger partial charge in [-0.15, -0.1) is 0 Å². The van der Waals surface area contributed by atoms with Crippen LogP contribution >= 0.6 is 0 Å². The molecule has 26 heavy (non-hydrogen) atoms. The summed E-state index contributed by atoms with van der Waals surface area (Å²) in [7, 11) is 0. The summed E-state index contributed by atoms with van der Waals surface area (Å²) in [6.07, 6.45) is 2.20. The molecule has 0 spiro atoms. The van der Waals surface area contributed by atoms with Gasteiger partial charge in [0.05, 0.1) is 19.8 Å². The molecule has 3 rings (SSSR count). The van der Waals surface area contributed by atoms with Crippen molar-refractivity contribution < 1.29 is 9.47 Å².